The molecular weight excluding hydrogens is 782 g/mol. The lowest BCUT2D eigenvalue weighted by Crippen LogP contribution is -2.55. The van der Waals surface area contributed by atoms with Crippen LogP contribution in [0.3, 0.4) is 0 Å². The number of hydrogen-bond donors (Lipinski definition) is 0. The zero-order valence-electron chi connectivity index (χ0n) is 37.0. The molecule has 0 fully saturated rings. The van der Waals surface area contributed by atoms with Gasteiger partial charge in [-0.1, -0.05) is 221 Å². The first-order chi connectivity index (χ1) is 32.0. The Morgan fingerprint density at radius 1 is 0.292 bits per heavy atom. The molecule has 2 heteroatoms. The van der Waals surface area contributed by atoms with Crippen molar-refractivity contribution in [1.82, 2.24) is 0 Å². The average Bonchev–Trinajstić information content (AvgIpc) is 3.36. The summed E-state index contributed by atoms with van der Waals surface area (Å²) < 4.78 is 0. The molecule has 0 N–H and O–H groups in total. The maximum Gasteiger partial charge on any atom is 0.243 e. The van der Waals surface area contributed by atoms with Crippen LogP contribution in [0.25, 0.3) is 66.8 Å². The maximum atomic E-state index is 2.51. The van der Waals surface area contributed by atoms with Gasteiger partial charge in [0.2, 0.25) is 6.71 Å². The number of nitrogens with zero attached hydrogens (tertiary/aromatic N) is 1. The first-order valence-electron chi connectivity index (χ1n) is 22.7. The first kappa shape index (κ1) is 39.9. The van der Waals surface area contributed by atoms with Crippen LogP contribution in [-0.2, 0) is 0 Å². The van der Waals surface area contributed by atoms with Crippen LogP contribution in [0.1, 0.15) is 16.7 Å². The van der Waals surface area contributed by atoms with Gasteiger partial charge in [-0.05, 0) is 125 Å². The Morgan fingerprint density at radius 2 is 0.615 bits per heavy atom. The Labute approximate surface area is 384 Å². The molecule has 1 aliphatic heterocycles. The number of hydrogen-bond acceptors (Lipinski definition) is 1. The van der Waals surface area contributed by atoms with E-state index < -0.39 is 0 Å². The first-order valence-corrected chi connectivity index (χ1v) is 22.7. The zero-order valence-corrected chi connectivity index (χ0v) is 37.0. The lowest BCUT2D eigenvalue weighted by molar-refractivity contribution is 1.28. The van der Waals surface area contributed by atoms with Gasteiger partial charge in [-0.2, -0.15) is 0 Å². The number of fused-ring (bicyclic) bond motifs is 6. The van der Waals surface area contributed by atoms with Crippen LogP contribution in [0.15, 0.2) is 237 Å². The molecule has 0 saturated heterocycles. The molecule has 10 aromatic rings. The Bertz CT molecular complexity index is 3120. The summed E-state index contributed by atoms with van der Waals surface area (Å²) in [5, 5.41) is 0. The van der Waals surface area contributed by atoms with E-state index in [0.717, 1.165) is 17.1 Å². The third kappa shape index (κ3) is 7.48. The van der Waals surface area contributed by atoms with Crippen LogP contribution in [0, 0.1) is 20.8 Å². The quantitative estimate of drug-likeness (QED) is 0.151. The molecule has 1 heterocycles. The van der Waals surface area contributed by atoms with Gasteiger partial charge in [-0.3, -0.25) is 0 Å². The van der Waals surface area contributed by atoms with E-state index in [1.54, 1.807) is 0 Å². The highest BCUT2D eigenvalue weighted by Crippen LogP contribution is 2.48. The Morgan fingerprint density at radius 3 is 0.985 bits per heavy atom. The largest absolute Gasteiger partial charge is 0.309 e. The third-order valence-electron chi connectivity index (χ3n) is 13.3. The molecule has 65 heavy (non-hydrogen) atoms. The summed E-state index contributed by atoms with van der Waals surface area (Å²) in [6.45, 7) is 6.73. The maximum absolute atomic E-state index is 2.51. The number of aryl methyl sites for hydroxylation is 3. The summed E-state index contributed by atoms with van der Waals surface area (Å²) in [5.74, 6) is 0. The Hall–Kier alpha value is -7.94. The zero-order chi connectivity index (χ0) is 43.9. The number of rotatable bonds is 6. The van der Waals surface area contributed by atoms with Gasteiger partial charge >= 0.3 is 0 Å². The van der Waals surface area contributed by atoms with Gasteiger partial charge in [0.1, 0.15) is 0 Å². The third-order valence-corrected chi connectivity index (χ3v) is 13.3. The van der Waals surface area contributed by atoms with Gasteiger partial charge in [-0.15, -0.1) is 0 Å². The molecule has 0 amide bonds. The summed E-state index contributed by atoms with van der Waals surface area (Å²) in [6.07, 6.45) is 0. The van der Waals surface area contributed by atoms with Crippen molar-refractivity contribution in [2.75, 3.05) is 4.90 Å². The molecule has 0 aliphatic carbocycles. The highest BCUT2D eigenvalue weighted by Gasteiger charge is 2.34. The van der Waals surface area contributed by atoms with Crippen LogP contribution in [0.4, 0.5) is 17.1 Å². The fourth-order valence-electron chi connectivity index (χ4n) is 10.3. The molecule has 1 aliphatic rings. The molecule has 10 aromatic carbocycles. The van der Waals surface area contributed by atoms with Crippen molar-refractivity contribution in [3.63, 3.8) is 0 Å². The summed E-state index contributed by atoms with van der Waals surface area (Å²) in [6, 6.07) is 87.7. The number of benzene rings is 10. The molecular formula is C63H48BN. The van der Waals surface area contributed by atoms with Crippen molar-refractivity contribution in [3.8, 4) is 66.8 Å². The molecule has 0 spiro atoms. The average molecular weight is 830 g/mol. The molecule has 1 nitrogen and oxygen atoms in total. The fraction of sp³-hybridized carbons (Fsp3) is 0.0476. The second-order valence-corrected chi connectivity index (χ2v) is 17.4. The molecule has 11 rings (SSSR count). The van der Waals surface area contributed by atoms with Crippen molar-refractivity contribution < 1.29 is 0 Å². The number of anilines is 3. The monoisotopic (exact) mass is 829 g/mol. The predicted octanol–water partition coefficient (Wildman–Crippen LogP) is 14.9. The van der Waals surface area contributed by atoms with Crippen LogP contribution in [0.2, 0.25) is 0 Å². The topological polar surface area (TPSA) is 3.24 Å². The van der Waals surface area contributed by atoms with E-state index in [-0.39, 0.29) is 6.71 Å². The van der Waals surface area contributed by atoms with E-state index in [1.165, 1.54) is 99.8 Å². The Kier molecular flexibility index (Phi) is 10.4. The second-order valence-electron chi connectivity index (χ2n) is 17.4. The van der Waals surface area contributed by atoms with Crippen LogP contribution < -0.4 is 21.3 Å². The standard InChI is InChI=1S/C63H48BN/c1-43-37-44(2)63(45(3)38-43)64-59-33-29-50(46-19-9-4-10-20-46)39-55(59)57-41-52(48-23-13-6-14-24-48)31-35-61(57)65(54-27-17-8-18-28-54)62-36-32-53(49-25-15-7-16-26-49)42-58(62)56-40-51(30-34-60(56)64)47-21-11-5-12-22-47/h4-42H,1-3H3. The molecule has 308 valence electrons. The van der Waals surface area contributed by atoms with Crippen molar-refractivity contribution in [3.05, 3.63) is 253 Å². The summed E-state index contributed by atoms with van der Waals surface area (Å²) in [5.41, 5.74) is 25.4. The van der Waals surface area contributed by atoms with E-state index in [1.807, 2.05) is 0 Å². The van der Waals surface area contributed by atoms with Crippen molar-refractivity contribution in [2.24, 2.45) is 0 Å². The fourth-order valence-corrected chi connectivity index (χ4v) is 10.3. The van der Waals surface area contributed by atoms with Crippen LogP contribution in [-0.4, -0.2) is 6.71 Å². The van der Waals surface area contributed by atoms with E-state index in [2.05, 4.69) is 262 Å². The lowest BCUT2D eigenvalue weighted by atomic mass is 9.33. The van der Waals surface area contributed by atoms with E-state index in [4.69, 9.17) is 0 Å². The normalized spacial score (nSPS) is 11.9. The minimum absolute atomic E-state index is 0.111. The molecule has 0 atom stereocenters. The second kappa shape index (κ2) is 17.0. The minimum atomic E-state index is -0.111. The van der Waals surface area contributed by atoms with Gasteiger partial charge in [0.05, 0.1) is 11.4 Å². The van der Waals surface area contributed by atoms with Crippen LogP contribution >= 0.6 is 0 Å². The lowest BCUT2D eigenvalue weighted by Gasteiger charge is -2.34. The summed E-state index contributed by atoms with van der Waals surface area (Å²) >= 11 is 0. The van der Waals surface area contributed by atoms with Crippen molar-refractivity contribution in [1.29, 1.82) is 0 Å². The summed E-state index contributed by atoms with van der Waals surface area (Å²) in [7, 11) is 0. The van der Waals surface area contributed by atoms with Crippen LogP contribution in [0.5, 0.6) is 0 Å². The molecule has 0 saturated carbocycles. The molecule has 0 aromatic heterocycles. The predicted molar refractivity (Wildman–Crippen MR) is 279 cm³/mol. The van der Waals surface area contributed by atoms with Gasteiger partial charge in [0.25, 0.3) is 0 Å². The molecule has 0 radical (unpaired) electrons. The van der Waals surface area contributed by atoms with Gasteiger partial charge in [0.15, 0.2) is 0 Å². The van der Waals surface area contributed by atoms with E-state index >= 15 is 0 Å². The Balaban J connectivity index is 1.34. The minimum Gasteiger partial charge on any atom is -0.309 e. The van der Waals surface area contributed by atoms with Gasteiger partial charge < -0.3 is 4.90 Å². The SMILES string of the molecule is Cc1cc(C)c(B2c3ccc(-c4ccccc4)cc3-c3cc(-c4ccccc4)ccc3N(c3ccccc3)c3ccc(-c4ccccc4)cc3-c3cc(-c4ccccc4)ccc32)c(C)c1. The smallest absolute Gasteiger partial charge is 0.243 e. The molecule has 0 unspecified atom stereocenters. The van der Waals surface area contributed by atoms with Crippen molar-refractivity contribution >= 4 is 40.2 Å². The van der Waals surface area contributed by atoms with E-state index in [9.17, 15) is 0 Å². The highest BCUT2D eigenvalue weighted by molar-refractivity contribution is 6.97. The van der Waals surface area contributed by atoms with E-state index in [0.29, 0.717) is 0 Å². The summed E-state index contributed by atoms with van der Waals surface area (Å²) in [4.78, 5) is 2.51. The highest BCUT2D eigenvalue weighted by atomic mass is 15.1. The van der Waals surface area contributed by atoms with Gasteiger partial charge in [-0.25, -0.2) is 0 Å². The van der Waals surface area contributed by atoms with Gasteiger partial charge in [0, 0.05) is 16.8 Å². The van der Waals surface area contributed by atoms with Crippen molar-refractivity contribution in [2.45, 2.75) is 20.8 Å². The molecule has 0 bridgehead atoms. The number of para-hydroxylation sites is 1.